The van der Waals surface area contributed by atoms with Crippen molar-refractivity contribution in [3.8, 4) is 12.1 Å². The highest BCUT2D eigenvalue weighted by atomic mass is 14.3. The van der Waals surface area contributed by atoms with Crippen molar-refractivity contribution >= 4 is 0 Å². The summed E-state index contributed by atoms with van der Waals surface area (Å²) in [4.78, 5) is 0. The first-order valence-corrected chi connectivity index (χ1v) is 3.24. The average Bonchev–Trinajstić information content (AvgIpc) is 2.52. The molecule has 0 aromatic heterocycles. The van der Waals surface area contributed by atoms with Crippen LogP contribution in [-0.4, -0.2) is 0 Å². The second-order valence-corrected chi connectivity index (χ2v) is 2.12. The molecule has 0 unspecified atom stereocenters. The molecule has 0 radical (unpaired) electrons. The topological polar surface area (TPSA) is 47.6 Å². The minimum absolute atomic E-state index is 0.470. The minimum atomic E-state index is 0.470. The van der Waals surface area contributed by atoms with Crippen molar-refractivity contribution < 1.29 is 0 Å². The van der Waals surface area contributed by atoms with Crippen molar-refractivity contribution in [2.75, 3.05) is 0 Å². The Balaban J connectivity index is 2.84. The van der Waals surface area contributed by atoms with Gasteiger partial charge in [-0.25, -0.2) is 0 Å². The van der Waals surface area contributed by atoms with Crippen molar-refractivity contribution in [2.45, 2.75) is 6.42 Å². The summed E-state index contributed by atoms with van der Waals surface area (Å²) in [5.74, 6) is 0. The predicted octanol–water partition coefficient (Wildman–Crippen LogP) is 1.85. The van der Waals surface area contributed by atoms with Crippen molar-refractivity contribution in [1.82, 2.24) is 0 Å². The van der Waals surface area contributed by atoms with E-state index in [1.807, 2.05) is 30.4 Å². The van der Waals surface area contributed by atoms with Gasteiger partial charge >= 0.3 is 0 Å². The first-order valence-electron chi connectivity index (χ1n) is 3.24. The molecule has 0 aromatic rings. The maximum absolute atomic E-state index is 8.58. The van der Waals surface area contributed by atoms with Gasteiger partial charge in [0.05, 0.1) is 11.6 Å². The lowest BCUT2D eigenvalue weighted by atomic mass is 10.1. The van der Waals surface area contributed by atoms with Crippen LogP contribution in [0.25, 0.3) is 0 Å². The zero-order valence-electron chi connectivity index (χ0n) is 5.91. The molecule has 1 aliphatic carbocycles. The van der Waals surface area contributed by atoms with Gasteiger partial charge in [0.15, 0.2) is 0 Å². The summed E-state index contributed by atoms with van der Waals surface area (Å²) in [6, 6.07) is 3.82. The van der Waals surface area contributed by atoms with Crippen molar-refractivity contribution in [3.05, 3.63) is 35.5 Å². The predicted molar refractivity (Wildman–Crippen MR) is 41.1 cm³/mol. The molecule has 0 saturated carbocycles. The van der Waals surface area contributed by atoms with Gasteiger partial charge < -0.3 is 0 Å². The third kappa shape index (κ3) is 1.56. The molecule has 1 aliphatic rings. The van der Waals surface area contributed by atoms with Gasteiger partial charge in [0, 0.05) is 6.08 Å². The Morgan fingerprint density at radius 2 is 2.36 bits per heavy atom. The molecule has 0 saturated heterocycles. The van der Waals surface area contributed by atoms with E-state index in [0.29, 0.717) is 5.57 Å². The van der Waals surface area contributed by atoms with Crippen molar-refractivity contribution in [2.24, 2.45) is 0 Å². The van der Waals surface area contributed by atoms with Crippen LogP contribution in [0.2, 0.25) is 0 Å². The van der Waals surface area contributed by atoms with Crippen LogP contribution >= 0.6 is 0 Å². The number of hydrogen-bond donors (Lipinski definition) is 0. The van der Waals surface area contributed by atoms with E-state index in [4.69, 9.17) is 10.5 Å². The third-order valence-electron chi connectivity index (χ3n) is 1.45. The summed E-state index contributed by atoms with van der Waals surface area (Å²) in [7, 11) is 0. The van der Waals surface area contributed by atoms with Gasteiger partial charge in [0.2, 0.25) is 0 Å². The summed E-state index contributed by atoms with van der Waals surface area (Å²) < 4.78 is 0. The van der Waals surface area contributed by atoms with Gasteiger partial charge in [-0.05, 0) is 12.0 Å². The van der Waals surface area contributed by atoms with Gasteiger partial charge in [-0.15, -0.1) is 0 Å². The van der Waals surface area contributed by atoms with E-state index in [0.717, 1.165) is 12.0 Å². The molecule has 2 nitrogen and oxygen atoms in total. The molecule has 0 fully saturated rings. The Hall–Kier alpha value is -1.80. The van der Waals surface area contributed by atoms with Crippen LogP contribution in [0.4, 0.5) is 0 Å². The fraction of sp³-hybridized carbons (Fsp3) is 0.111. The van der Waals surface area contributed by atoms with Crippen LogP contribution < -0.4 is 0 Å². The largest absolute Gasteiger partial charge is 0.193 e. The molecule has 0 spiro atoms. The number of nitrogens with zero attached hydrogens (tertiary/aromatic N) is 2. The lowest BCUT2D eigenvalue weighted by Gasteiger charge is -1.93. The van der Waals surface area contributed by atoms with Crippen LogP contribution in [0, 0.1) is 22.7 Å². The fourth-order valence-electron chi connectivity index (χ4n) is 0.908. The van der Waals surface area contributed by atoms with E-state index >= 15 is 0 Å². The van der Waals surface area contributed by atoms with Gasteiger partial charge in [-0.3, -0.25) is 0 Å². The molecular weight excluding hydrogens is 136 g/mol. The van der Waals surface area contributed by atoms with E-state index in [-0.39, 0.29) is 0 Å². The van der Waals surface area contributed by atoms with Crippen molar-refractivity contribution in [3.63, 3.8) is 0 Å². The maximum atomic E-state index is 8.58. The van der Waals surface area contributed by atoms with Crippen LogP contribution in [0.5, 0.6) is 0 Å². The van der Waals surface area contributed by atoms with Crippen LogP contribution in [0.3, 0.4) is 0 Å². The molecule has 0 heterocycles. The lowest BCUT2D eigenvalue weighted by Crippen LogP contribution is -1.81. The van der Waals surface area contributed by atoms with E-state index in [9.17, 15) is 0 Å². The highest BCUT2D eigenvalue weighted by Gasteiger charge is 2.04. The molecule has 2 heteroatoms. The summed E-state index contributed by atoms with van der Waals surface area (Å²) in [5.41, 5.74) is 1.39. The summed E-state index contributed by atoms with van der Waals surface area (Å²) in [6.45, 7) is 0. The first kappa shape index (κ1) is 7.31. The molecule has 0 amide bonds. The van der Waals surface area contributed by atoms with Crippen LogP contribution in [0.15, 0.2) is 35.5 Å². The number of allylic oxidation sites excluding steroid dienone is 6. The fourth-order valence-corrected chi connectivity index (χ4v) is 0.908. The molecule has 52 valence electrons. The summed E-state index contributed by atoms with van der Waals surface area (Å²) in [6.07, 6.45) is 7.74. The average molecular weight is 142 g/mol. The molecule has 1 rings (SSSR count). The maximum Gasteiger partial charge on any atom is 0.100 e. The Morgan fingerprint density at radius 1 is 1.55 bits per heavy atom. The molecule has 0 bridgehead atoms. The molecular formula is C9H6N2. The van der Waals surface area contributed by atoms with E-state index in [1.165, 1.54) is 6.08 Å². The van der Waals surface area contributed by atoms with Crippen LogP contribution in [-0.2, 0) is 0 Å². The van der Waals surface area contributed by atoms with E-state index in [2.05, 4.69) is 0 Å². The normalized spacial score (nSPS) is 15.5. The third-order valence-corrected chi connectivity index (χ3v) is 1.45. The van der Waals surface area contributed by atoms with Gasteiger partial charge in [-0.2, -0.15) is 10.5 Å². The van der Waals surface area contributed by atoms with Gasteiger partial charge in [0.1, 0.15) is 6.07 Å². The quantitative estimate of drug-likeness (QED) is 0.524. The Labute approximate surface area is 65.4 Å². The van der Waals surface area contributed by atoms with Gasteiger partial charge in [0.25, 0.3) is 0 Å². The Morgan fingerprint density at radius 3 is 2.82 bits per heavy atom. The second-order valence-electron chi connectivity index (χ2n) is 2.12. The molecule has 0 atom stereocenters. The smallest absolute Gasteiger partial charge is 0.100 e. The van der Waals surface area contributed by atoms with Gasteiger partial charge in [-0.1, -0.05) is 18.2 Å². The number of nitriles is 2. The highest BCUT2D eigenvalue weighted by Crippen LogP contribution is 2.18. The summed E-state index contributed by atoms with van der Waals surface area (Å²) >= 11 is 0. The minimum Gasteiger partial charge on any atom is -0.193 e. The SMILES string of the molecule is N#C/C=C(\C#N)C1=CC=CC1. The second kappa shape index (κ2) is 3.39. The zero-order chi connectivity index (χ0) is 8.10. The highest BCUT2D eigenvalue weighted by molar-refractivity contribution is 5.49. The van der Waals surface area contributed by atoms with Crippen LogP contribution in [0.1, 0.15) is 6.42 Å². The monoisotopic (exact) mass is 142 g/mol. The molecule has 0 N–H and O–H groups in total. The Bertz CT molecular complexity index is 318. The number of hydrogen-bond acceptors (Lipinski definition) is 2. The molecule has 0 aliphatic heterocycles. The summed E-state index contributed by atoms with van der Waals surface area (Å²) in [5, 5.41) is 16.9. The zero-order valence-corrected chi connectivity index (χ0v) is 5.91. The Kier molecular flexibility index (Phi) is 2.25. The standard InChI is InChI=1S/C9H6N2/c10-6-5-9(7-11)8-3-1-2-4-8/h1-3,5H,4H2/b9-5+. The number of rotatable bonds is 1. The first-order chi connectivity index (χ1) is 5.38. The molecule has 11 heavy (non-hydrogen) atoms. The van der Waals surface area contributed by atoms with E-state index < -0.39 is 0 Å². The van der Waals surface area contributed by atoms with Crippen molar-refractivity contribution in [1.29, 1.82) is 10.5 Å². The molecule has 0 aromatic carbocycles. The van der Waals surface area contributed by atoms with E-state index in [1.54, 1.807) is 0 Å². The lowest BCUT2D eigenvalue weighted by molar-refractivity contribution is 1.28.